The average Bonchev–Trinajstić information content (AvgIpc) is 3.12. The largest absolute Gasteiger partial charge is 0.324 e. The highest BCUT2D eigenvalue weighted by Gasteiger charge is 2.31. The van der Waals surface area contributed by atoms with Crippen molar-refractivity contribution in [3.63, 3.8) is 0 Å². The number of anilines is 2. The molecule has 0 atom stereocenters. The predicted octanol–water partition coefficient (Wildman–Crippen LogP) is 4.93. The first kappa shape index (κ1) is 24.9. The minimum absolute atomic E-state index is 0.0118. The topological polar surface area (TPSA) is 80.9 Å². The third-order valence-corrected chi connectivity index (χ3v) is 7.43. The molecule has 4 heterocycles. The minimum Gasteiger partial charge on any atom is -0.324 e. The van der Waals surface area contributed by atoms with Crippen molar-refractivity contribution >= 4 is 22.7 Å². The summed E-state index contributed by atoms with van der Waals surface area (Å²) in [7, 11) is 2.17. The molecular formula is C29H35N7O. The van der Waals surface area contributed by atoms with Gasteiger partial charge in [0, 0.05) is 41.3 Å². The molecule has 0 bridgehead atoms. The molecular weight excluding hydrogens is 462 g/mol. The van der Waals surface area contributed by atoms with E-state index < -0.39 is 0 Å². The van der Waals surface area contributed by atoms with Gasteiger partial charge < -0.3 is 5.32 Å². The summed E-state index contributed by atoms with van der Waals surface area (Å²) in [4.78, 5) is 29.5. The number of aromatic nitrogens is 5. The van der Waals surface area contributed by atoms with Crippen molar-refractivity contribution in [1.82, 2.24) is 29.2 Å². The van der Waals surface area contributed by atoms with Gasteiger partial charge in [-0.2, -0.15) is 4.98 Å². The molecule has 0 spiro atoms. The number of allylic oxidation sites excluding steroid dienone is 1. The minimum atomic E-state index is -0.157. The van der Waals surface area contributed by atoms with Crippen LogP contribution in [0.4, 0.5) is 11.6 Å². The van der Waals surface area contributed by atoms with Crippen molar-refractivity contribution in [3.8, 4) is 5.69 Å². The molecule has 1 aliphatic heterocycles. The molecule has 0 saturated carbocycles. The van der Waals surface area contributed by atoms with E-state index in [0.717, 1.165) is 30.0 Å². The molecule has 3 aromatic heterocycles. The Morgan fingerprint density at radius 3 is 2.68 bits per heavy atom. The van der Waals surface area contributed by atoms with Gasteiger partial charge in [-0.25, -0.2) is 14.3 Å². The van der Waals surface area contributed by atoms with Crippen molar-refractivity contribution in [2.45, 2.75) is 58.5 Å². The quantitative estimate of drug-likeness (QED) is 0.394. The van der Waals surface area contributed by atoms with Crippen LogP contribution in [0.25, 0.3) is 16.7 Å². The van der Waals surface area contributed by atoms with Crippen LogP contribution in [0, 0.1) is 0 Å². The molecule has 37 heavy (non-hydrogen) atoms. The van der Waals surface area contributed by atoms with E-state index in [0.29, 0.717) is 23.5 Å². The van der Waals surface area contributed by atoms with Gasteiger partial charge in [-0.05, 0) is 62.7 Å². The molecule has 0 saturated heterocycles. The molecule has 0 radical (unpaired) electrons. The van der Waals surface area contributed by atoms with E-state index in [4.69, 9.17) is 4.98 Å². The fourth-order valence-corrected chi connectivity index (χ4v) is 4.98. The predicted molar refractivity (Wildman–Crippen MR) is 149 cm³/mol. The first-order chi connectivity index (χ1) is 17.5. The van der Waals surface area contributed by atoms with Crippen molar-refractivity contribution in [3.05, 3.63) is 82.6 Å². The van der Waals surface area contributed by atoms with Gasteiger partial charge in [-0.3, -0.25) is 14.7 Å². The number of benzene rings is 1. The first-order valence-corrected chi connectivity index (χ1v) is 12.7. The molecule has 4 aromatic rings. The molecule has 0 aliphatic carbocycles. The van der Waals surface area contributed by atoms with Gasteiger partial charge >= 0.3 is 0 Å². The highest BCUT2D eigenvalue weighted by atomic mass is 16.1. The maximum atomic E-state index is 13.3. The third-order valence-electron chi connectivity index (χ3n) is 7.43. The van der Waals surface area contributed by atoms with E-state index in [1.54, 1.807) is 23.2 Å². The van der Waals surface area contributed by atoms with Crippen LogP contribution in [-0.2, 0) is 23.9 Å². The number of fused-ring (bicyclic) bond motifs is 2. The van der Waals surface area contributed by atoms with Crippen LogP contribution in [0.3, 0.4) is 0 Å². The highest BCUT2D eigenvalue weighted by molar-refractivity contribution is 5.77. The number of nitrogens with zero attached hydrogens (tertiary/aromatic N) is 6. The van der Waals surface area contributed by atoms with Crippen LogP contribution in [-0.4, -0.2) is 42.8 Å². The summed E-state index contributed by atoms with van der Waals surface area (Å²) in [5, 5.41) is 3.82. The summed E-state index contributed by atoms with van der Waals surface area (Å²) in [6.45, 7) is 16.1. The lowest BCUT2D eigenvalue weighted by Gasteiger charge is -2.41. The number of nitrogens with one attached hydrogen (secondary N) is 1. The monoisotopic (exact) mass is 497 g/mol. The second kappa shape index (κ2) is 8.95. The fourth-order valence-electron chi connectivity index (χ4n) is 4.98. The molecule has 0 unspecified atom stereocenters. The molecule has 8 heteroatoms. The zero-order chi connectivity index (χ0) is 26.5. The second-order valence-electron chi connectivity index (χ2n) is 11.3. The molecule has 0 fully saturated rings. The highest BCUT2D eigenvalue weighted by Crippen LogP contribution is 2.35. The number of hydrogen-bond acceptors (Lipinski definition) is 6. The Hall–Kier alpha value is -3.78. The Morgan fingerprint density at radius 2 is 1.95 bits per heavy atom. The zero-order valence-corrected chi connectivity index (χ0v) is 22.5. The van der Waals surface area contributed by atoms with Gasteiger partial charge in [-0.15, -0.1) is 6.58 Å². The van der Waals surface area contributed by atoms with Crippen molar-refractivity contribution in [2.24, 2.45) is 0 Å². The summed E-state index contributed by atoms with van der Waals surface area (Å²) < 4.78 is 3.48. The SMILES string of the molecule is C=CCn1c(=O)c2cnc(Nc3ccc4c(c3)CCN(C)C4(C)C)nc2n1-c1ccnc(C(C)(C)C)c1. The summed E-state index contributed by atoms with van der Waals surface area (Å²) >= 11 is 0. The normalized spacial score (nSPS) is 15.5. The van der Waals surface area contributed by atoms with Gasteiger partial charge in [0.1, 0.15) is 5.39 Å². The Balaban J connectivity index is 1.59. The van der Waals surface area contributed by atoms with Gasteiger partial charge in [-0.1, -0.05) is 32.9 Å². The lowest BCUT2D eigenvalue weighted by Crippen LogP contribution is -2.43. The van der Waals surface area contributed by atoms with Crippen molar-refractivity contribution in [1.29, 1.82) is 0 Å². The molecule has 1 N–H and O–H groups in total. The van der Waals surface area contributed by atoms with Gasteiger partial charge in [0.25, 0.3) is 5.56 Å². The Labute approximate surface area is 217 Å². The third kappa shape index (κ3) is 4.35. The number of hydrogen-bond donors (Lipinski definition) is 1. The summed E-state index contributed by atoms with van der Waals surface area (Å²) in [6.07, 6.45) is 6.08. The van der Waals surface area contributed by atoms with Gasteiger partial charge in [0.15, 0.2) is 5.65 Å². The Morgan fingerprint density at radius 1 is 1.16 bits per heavy atom. The standard InChI is InChI=1S/C29H35N7O/c1-8-14-35-26(37)22-18-31-27(32-20-9-10-23-19(16-20)12-15-34(7)29(23,5)6)33-25(22)36(35)21-11-13-30-24(17-21)28(2,3)4/h8-11,13,16-18H,1,12,14-15H2,2-7H3,(H,31,32,33). The summed E-state index contributed by atoms with van der Waals surface area (Å²) in [5.74, 6) is 0.439. The van der Waals surface area contributed by atoms with Crippen LogP contribution in [0.15, 0.2) is 60.2 Å². The van der Waals surface area contributed by atoms with E-state index in [2.05, 4.69) is 86.6 Å². The number of rotatable bonds is 5. The summed E-state index contributed by atoms with van der Waals surface area (Å²) in [6, 6.07) is 10.3. The average molecular weight is 498 g/mol. The van der Waals surface area contributed by atoms with E-state index in [-0.39, 0.29) is 16.5 Å². The van der Waals surface area contributed by atoms with Crippen molar-refractivity contribution in [2.75, 3.05) is 18.9 Å². The summed E-state index contributed by atoms with van der Waals surface area (Å²) in [5.41, 5.74) is 5.57. The van der Waals surface area contributed by atoms with Crippen molar-refractivity contribution < 1.29 is 0 Å². The Bertz CT molecular complexity index is 1560. The maximum absolute atomic E-state index is 13.3. The van der Waals surface area contributed by atoms with E-state index >= 15 is 0 Å². The smallest absolute Gasteiger partial charge is 0.278 e. The van der Waals surface area contributed by atoms with Crippen LogP contribution < -0.4 is 10.9 Å². The first-order valence-electron chi connectivity index (χ1n) is 12.7. The van der Waals surface area contributed by atoms with Crippen LogP contribution in [0.5, 0.6) is 0 Å². The lowest BCUT2D eigenvalue weighted by molar-refractivity contribution is 0.143. The molecule has 1 aliphatic rings. The zero-order valence-electron chi connectivity index (χ0n) is 22.5. The Kier molecular flexibility index (Phi) is 6.02. The lowest BCUT2D eigenvalue weighted by atomic mass is 9.83. The van der Waals surface area contributed by atoms with Crippen LogP contribution in [0.2, 0.25) is 0 Å². The van der Waals surface area contributed by atoms with E-state index in [9.17, 15) is 4.79 Å². The molecule has 1 aromatic carbocycles. The van der Waals surface area contributed by atoms with E-state index in [1.165, 1.54) is 11.1 Å². The molecule has 5 rings (SSSR count). The van der Waals surface area contributed by atoms with Crippen LogP contribution in [0.1, 0.15) is 51.4 Å². The number of pyridine rings is 1. The van der Waals surface area contributed by atoms with Gasteiger partial charge in [0.05, 0.1) is 12.2 Å². The van der Waals surface area contributed by atoms with Gasteiger partial charge in [0.2, 0.25) is 5.95 Å². The maximum Gasteiger partial charge on any atom is 0.278 e. The number of likely N-dealkylation sites (N-methyl/N-ethyl adjacent to an activating group) is 1. The second-order valence-corrected chi connectivity index (χ2v) is 11.3. The fraction of sp³-hybridized carbons (Fsp3) is 0.379. The molecule has 192 valence electrons. The molecule has 8 nitrogen and oxygen atoms in total. The van der Waals surface area contributed by atoms with Crippen LogP contribution >= 0.6 is 0 Å². The molecule has 0 amide bonds. The van der Waals surface area contributed by atoms with E-state index in [1.807, 2.05) is 16.8 Å².